The van der Waals surface area contributed by atoms with Gasteiger partial charge in [0.1, 0.15) is 0 Å². The van der Waals surface area contributed by atoms with Crippen LogP contribution in [0.5, 0.6) is 0 Å². The van der Waals surface area contributed by atoms with Crippen molar-refractivity contribution in [3.8, 4) is 0 Å². The summed E-state index contributed by atoms with van der Waals surface area (Å²) in [5.74, 6) is -11.9. The summed E-state index contributed by atoms with van der Waals surface area (Å²) in [4.78, 5) is 0. The van der Waals surface area contributed by atoms with Gasteiger partial charge in [0, 0.05) is 0 Å². The zero-order valence-corrected chi connectivity index (χ0v) is 12.5. The zero-order valence-electron chi connectivity index (χ0n) is 6.26. The van der Waals surface area contributed by atoms with Gasteiger partial charge in [0.2, 0.25) is 0 Å². The summed E-state index contributed by atoms with van der Waals surface area (Å²) in [6.45, 7) is -2.81. The molecule has 0 fully saturated rings. The van der Waals surface area contributed by atoms with Gasteiger partial charge >= 0.3 is 86.9 Å². The first kappa shape index (κ1) is 16.9. The number of hydrogen-bond donors (Lipinski definition) is 0. The molecule has 1 nitrogen and oxygen atoms in total. The topological polar surface area (TPSA) is 23.1 Å². The molecule has 0 atom stereocenters. The molecule has 0 radical (unpaired) electrons. The molecule has 0 spiro atoms. The van der Waals surface area contributed by atoms with Crippen molar-refractivity contribution < 1.29 is 105 Å². The Hall–Kier alpha value is 1.52. The van der Waals surface area contributed by atoms with Crippen LogP contribution >= 0.6 is 0 Å². The molecule has 0 saturated carbocycles. The van der Waals surface area contributed by atoms with Gasteiger partial charge < -0.3 is 5.11 Å². The van der Waals surface area contributed by atoms with Crippen LogP contribution in [0.15, 0.2) is 0 Å². The first-order chi connectivity index (χ1) is 5.06. The SMILES string of the molecule is [Cs+].[O-]CC(F)(F)C(F)(F)C(F)(F)F. The average Bonchev–Trinajstić information content (AvgIpc) is 1.85. The van der Waals surface area contributed by atoms with Gasteiger partial charge in [-0.1, -0.05) is 6.61 Å². The smallest absolute Gasteiger partial charge is 0.850 e. The molecule has 0 saturated heterocycles. The van der Waals surface area contributed by atoms with Crippen LogP contribution in [0.4, 0.5) is 30.7 Å². The molecule has 0 amide bonds. The van der Waals surface area contributed by atoms with Crippen LogP contribution < -0.4 is 74.0 Å². The van der Waals surface area contributed by atoms with E-state index in [9.17, 15) is 35.8 Å². The third-order valence-electron chi connectivity index (χ3n) is 0.997. The predicted octanol–water partition coefficient (Wildman–Crippen LogP) is -1.82. The Morgan fingerprint density at radius 1 is 0.846 bits per heavy atom. The molecule has 0 bridgehead atoms. The molecule has 0 aromatic rings. The molecule has 74 valence electrons. The summed E-state index contributed by atoms with van der Waals surface area (Å²) in [5.41, 5.74) is 0. The Morgan fingerprint density at radius 2 is 1.15 bits per heavy atom. The van der Waals surface area contributed by atoms with Gasteiger partial charge in [0.05, 0.1) is 0 Å². The number of halogens is 7. The van der Waals surface area contributed by atoms with Crippen LogP contribution in [-0.2, 0) is 0 Å². The first-order valence-corrected chi connectivity index (χ1v) is 2.47. The molecular weight excluding hydrogens is 330 g/mol. The minimum absolute atomic E-state index is 0. The molecule has 13 heavy (non-hydrogen) atoms. The predicted molar refractivity (Wildman–Crippen MR) is 20.8 cm³/mol. The molecular formula is C4H2CsF7O. The van der Waals surface area contributed by atoms with E-state index in [-0.39, 0.29) is 68.9 Å². The van der Waals surface area contributed by atoms with E-state index in [2.05, 4.69) is 0 Å². The van der Waals surface area contributed by atoms with E-state index < -0.39 is 24.6 Å². The fourth-order valence-corrected chi connectivity index (χ4v) is 0.298. The van der Waals surface area contributed by atoms with Gasteiger partial charge in [0.25, 0.3) is 0 Å². The molecule has 0 aromatic carbocycles. The fraction of sp³-hybridized carbons (Fsp3) is 1.00. The summed E-state index contributed by atoms with van der Waals surface area (Å²) in [6.07, 6.45) is -6.40. The standard InChI is InChI=1S/C4H2F7O.Cs/c5-2(6,1-12)3(7,8)4(9,10)11;/h1H2;/q-1;+1. The monoisotopic (exact) mass is 332 g/mol. The van der Waals surface area contributed by atoms with Crippen molar-refractivity contribution in [2.45, 2.75) is 18.0 Å². The molecule has 0 rings (SSSR count). The molecule has 0 heterocycles. The molecule has 0 aliphatic rings. The van der Waals surface area contributed by atoms with E-state index in [0.29, 0.717) is 0 Å². The molecule has 0 aliphatic heterocycles. The van der Waals surface area contributed by atoms with E-state index in [1.54, 1.807) is 0 Å². The van der Waals surface area contributed by atoms with E-state index in [1.807, 2.05) is 0 Å². The van der Waals surface area contributed by atoms with Crippen LogP contribution in [-0.4, -0.2) is 24.6 Å². The van der Waals surface area contributed by atoms with E-state index in [1.165, 1.54) is 0 Å². The van der Waals surface area contributed by atoms with Crippen LogP contribution in [0.2, 0.25) is 0 Å². The van der Waals surface area contributed by atoms with Gasteiger partial charge in [-0.05, 0) is 0 Å². The quantitative estimate of drug-likeness (QED) is 0.547. The Morgan fingerprint density at radius 3 is 1.23 bits per heavy atom. The van der Waals surface area contributed by atoms with Crippen LogP contribution in [0.3, 0.4) is 0 Å². The normalized spacial score (nSPS) is 13.8. The second kappa shape index (κ2) is 5.03. The fourth-order valence-electron chi connectivity index (χ4n) is 0.298. The second-order valence-corrected chi connectivity index (χ2v) is 1.92. The maximum atomic E-state index is 11.6. The van der Waals surface area contributed by atoms with E-state index in [4.69, 9.17) is 0 Å². The minimum atomic E-state index is -6.40. The van der Waals surface area contributed by atoms with Crippen LogP contribution in [0, 0.1) is 0 Å². The van der Waals surface area contributed by atoms with Crippen molar-refractivity contribution in [3.63, 3.8) is 0 Å². The third kappa shape index (κ3) is 3.54. The summed E-state index contributed by atoms with van der Waals surface area (Å²) in [7, 11) is 0. The third-order valence-corrected chi connectivity index (χ3v) is 0.997. The van der Waals surface area contributed by atoms with E-state index in [0.717, 1.165) is 0 Å². The van der Waals surface area contributed by atoms with Crippen LogP contribution in [0.25, 0.3) is 0 Å². The molecule has 0 aromatic heterocycles. The van der Waals surface area contributed by atoms with Crippen LogP contribution in [0.1, 0.15) is 0 Å². The zero-order chi connectivity index (χ0) is 10.2. The van der Waals surface area contributed by atoms with Gasteiger partial charge in [0.15, 0.2) is 0 Å². The van der Waals surface area contributed by atoms with Gasteiger partial charge in [-0.3, -0.25) is 0 Å². The average molecular weight is 332 g/mol. The van der Waals surface area contributed by atoms with Crippen molar-refractivity contribution in [1.82, 2.24) is 0 Å². The summed E-state index contributed by atoms with van der Waals surface area (Å²) < 4.78 is 80.0. The maximum Gasteiger partial charge on any atom is 1.00 e. The number of rotatable bonds is 2. The van der Waals surface area contributed by atoms with Crippen molar-refractivity contribution in [2.24, 2.45) is 0 Å². The Balaban J connectivity index is 0. The number of alkyl halides is 7. The van der Waals surface area contributed by atoms with Crippen molar-refractivity contribution in [2.75, 3.05) is 6.61 Å². The molecule has 0 aliphatic carbocycles. The second-order valence-electron chi connectivity index (χ2n) is 1.92. The van der Waals surface area contributed by atoms with Gasteiger partial charge in [-0.25, -0.2) is 8.78 Å². The Kier molecular flexibility index (Phi) is 6.56. The Labute approximate surface area is 127 Å². The maximum absolute atomic E-state index is 11.6. The molecule has 9 heteroatoms. The summed E-state index contributed by atoms with van der Waals surface area (Å²) in [5, 5.41) is 9.31. The number of hydrogen-bond acceptors (Lipinski definition) is 1. The summed E-state index contributed by atoms with van der Waals surface area (Å²) >= 11 is 0. The molecule has 0 N–H and O–H groups in total. The van der Waals surface area contributed by atoms with E-state index >= 15 is 0 Å². The largest absolute Gasteiger partial charge is 1.00 e. The summed E-state index contributed by atoms with van der Waals surface area (Å²) in [6, 6.07) is 0. The van der Waals surface area contributed by atoms with Crippen molar-refractivity contribution >= 4 is 0 Å². The van der Waals surface area contributed by atoms with Crippen molar-refractivity contribution in [1.29, 1.82) is 0 Å². The Bertz CT molecular complexity index is 164. The van der Waals surface area contributed by atoms with Gasteiger partial charge in [-0.15, -0.1) is 0 Å². The van der Waals surface area contributed by atoms with Crippen molar-refractivity contribution in [3.05, 3.63) is 0 Å². The minimum Gasteiger partial charge on any atom is -0.850 e. The first-order valence-electron chi connectivity index (χ1n) is 2.47. The molecule has 0 unspecified atom stereocenters. The van der Waals surface area contributed by atoms with Gasteiger partial charge in [-0.2, -0.15) is 22.0 Å².